The molecule has 16 heavy (non-hydrogen) atoms. The molecule has 0 rings (SSSR count). The van der Waals surface area contributed by atoms with Crippen LogP contribution in [0.3, 0.4) is 0 Å². The molecule has 94 valence electrons. The standard InChI is InChI=1S/C11H23FO2Si2/c1-7-9-11(12,10-8-2)13-16(5,6)14-15(3)4/h7-8,15H,1-2,9-10H2,3-6H3. The summed E-state index contributed by atoms with van der Waals surface area (Å²) in [6.07, 6.45) is 3.39. The minimum Gasteiger partial charge on any atom is -0.439 e. The molecular formula is C11H23FO2Si2. The van der Waals surface area contributed by atoms with Gasteiger partial charge in [-0.05, 0) is 26.2 Å². The van der Waals surface area contributed by atoms with Gasteiger partial charge in [0.1, 0.15) is 0 Å². The summed E-state index contributed by atoms with van der Waals surface area (Å²) < 4.78 is 25.7. The van der Waals surface area contributed by atoms with Gasteiger partial charge in [0.05, 0.1) is 0 Å². The zero-order chi connectivity index (χ0) is 12.8. The van der Waals surface area contributed by atoms with Gasteiger partial charge in [0.15, 0.2) is 9.04 Å². The fourth-order valence-electron chi connectivity index (χ4n) is 1.63. The molecule has 0 aromatic heterocycles. The second-order valence-electron chi connectivity index (χ2n) is 4.54. The van der Waals surface area contributed by atoms with E-state index < -0.39 is 23.5 Å². The Labute approximate surface area is 101 Å². The van der Waals surface area contributed by atoms with E-state index in [0.29, 0.717) is 0 Å². The van der Waals surface area contributed by atoms with Crippen LogP contribution in [-0.2, 0) is 8.54 Å². The molecule has 0 aromatic rings. The van der Waals surface area contributed by atoms with E-state index >= 15 is 0 Å². The van der Waals surface area contributed by atoms with Crippen LogP contribution in [0.2, 0.25) is 26.2 Å². The molecule has 0 aliphatic carbocycles. The quantitative estimate of drug-likeness (QED) is 0.492. The molecule has 0 aromatic carbocycles. The molecule has 5 heteroatoms. The molecule has 0 bridgehead atoms. The Morgan fingerprint density at radius 3 is 2.00 bits per heavy atom. The molecule has 2 nitrogen and oxygen atoms in total. The van der Waals surface area contributed by atoms with Crippen LogP contribution < -0.4 is 0 Å². The van der Waals surface area contributed by atoms with E-state index in [2.05, 4.69) is 26.3 Å². The summed E-state index contributed by atoms with van der Waals surface area (Å²) >= 11 is 0. The van der Waals surface area contributed by atoms with Crippen LogP contribution in [0.25, 0.3) is 0 Å². The van der Waals surface area contributed by atoms with Gasteiger partial charge in [0, 0.05) is 12.8 Å². The minimum atomic E-state index is -2.39. The normalized spacial score (nSPS) is 12.9. The van der Waals surface area contributed by atoms with Crippen molar-refractivity contribution in [1.29, 1.82) is 0 Å². The van der Waals surface area contributed by atoms with Crippen LogP contribution in [0.15, 0.2) is 25.3 Å². The highest BCUT2D eigenvalue weighted by Crippen LogP contribution is 2.28. The number of hydrogen-bond acceptors (Lipinski definition) is 2. The zero-order valence-electron chi connectivity index (χ0n) is 10.8. The van der Waals surface area contributed by atoms with Crippen LogP contribution in [0, 0.1) is 0 Å². The molecule has 0 fully saturated rings. The molecule has 0 saturated heterocycles. The van der Waals surface area contributed by atoms with E-state index in [1.54, 1.807) is 0 Å². The average molecular weight is 262 g/mol. The lowest BCUT2D eigenvalue weighted by molar-refractivity contribution is -0.0752. The maximum absolute atomic E-state index is 14.3. The van der Waals surface area contributed by atoms with Gasteiger partial charge in [0.2, 0.25) is 5.85 Å². The molecular weight excluding hydrogens is 239 g/mol. The molecule has 0 N–H and O–H groups in total. The van der Waals surface area contributed by atoms with Gasteiger partial charge in [-0.15, -0.1) is 13.2 Å². The van der Waals surface area contributed by atoms with Crippen LogP contribution in [0.4, 0.5) is 4.39 Å². The molecule has 0 saturated carbocycles. The highest BCUT2D eigenvalue weighted by molar-refractivity contribution is 6.72. The van der Waals surface area contributed by atoms with Crippen molar-refractivity contribution in [2.45, 2.75) is 44.9 Å². The second-order valence-corrected chi connectivity index (χ2v) is 10.6. The lowest BCUT2D eigenvalue weighted by Crippen LogP contribution is -2.46. The second kappa shape index (κ2) is 6.49. The van der Waals surface area contributed by atoms with E-state index in [1.807, 2.05) is 13.1 Å². The largest absolute Gasteiger partial charge is 0.439 e. The number of alkyl halides is 1. The fraction of sp³-hybridized carbons (Fsp3) is 0.636. The average Bonchev–Trinajstić information content (AvgIpc) is 1.99. The third-order valence-corrected chi connectivity index (χ3v) is 6.86. The van der Waals surface area contributed by atoms with Crippen molar-refractivity contribution in [1.82, 2.24) is 0 Å². The molecule has 0 aliphatic heterocycles. The van der Waals surface area contributed by atoms with E-state index in [1.165, 1.54) is 12.2 Å². The topological polar surface area (TPSA) is 18.5 Å². The van der Waals surface area contributed by atoms with Crippen LogP contribution in [-0.4, -0.2) is 23.5 Å². The molecule has 0 heterocycles. The lowest BCUT2D eigenvalue weighted by atomic mass is 10.1. The van der Waals surface area contributed by atoms with Crippen LogP contribution in [0.5, 0.6) is 0 Å². The van der Waals surface area contributed by atoms with Gasteiger partial charge in [-0.2, -0.15) is 0 Å². The van der Waals surface area contributed by atoms with Crippen LogP contribution in [0.1, 0.15) is 12.8 Å². The van der Waals surface area contributed by atoms with E-state index in [4.69, 9.17) is 8.54 Å². The first-order valence-electron chi connectivity index (χ1n) is 5.53. The maximum Gasteiger partial charge on any atom is 0.323 e. The summed E-state index contributed by atoms with van der Waals surface area (Å²) in [6.45, 7) is 15.0. The van der Waals surface area contributed by atoms with Gasteiger partial charge in [-0.1, -0.05) is 12.2 Å². The van der Waals surface area contributed by atoms with E-state index in [-0.39, 0.29) is 12.8 Å². The van der Waals surface area contributed by atoms with Crippen LogP contribution >= 0.6 is 0 Å². The Kier molecular flexibility index (Phi) is 6.39. The SMILES string of the molecule is C=CCC(F)(CC=C)O[Si](C)(C)O[SiH](C)C. The first-order chi connectivity index (χ1) is 7.24. The smallest absolute Gasteiger partial charge is 0.323 e. The number of hydrogen-bond donors (Lipinski definition) is 0. The third kappa shape index (κ3) is 6.37. The Morgan fingerprint density at radius 1 is 1.25 bits per heavy atom. The zero-order valence-corrected chi connectivity index (χ0v) is 12.9. The summed E-state index contributed by atoms with van der Waals surface area (Å²) in [6, 6.07) is 0. The van der Waals surface area contributed by atoms with E-state index in [0.717, 1.165) is 0 Å². The maximum atomic E-state index is 14.3. The molecule has 0 atom stereocenters. The molecule has 0 unspecified atom stereocenters. The van der Waals surface area contributed by atoms with Gasteiger partial charge in [0.25, 0.3) is 0 Å². The van der Waals surface area contributed by atoms with Crippen molar-refractivity contribution in [3.05, 3.63) is 25.3 Å². The van der Waals surface area contributed by atoms with Crippen molar-refractivity contribution in [3.8, 4) is 0 Å². The molecule has 0 aliphatic rings. The van der Waals surface area contributed by atoms with Gasteiger partial charge >= 0.3 is 8.56 Å². The summed E-state index contributed by atoms with van der Waals surface area (Å²) in [7, 11) is -3.59. The number of rotatable bonds is 8. The van der Waals surface area contributed by atoms with Crippen molar-refractivity contribution in [2.75, 3.05) is 0 Å². The Hall–Kier alpha value is -0.236. The van der Waals surface area contributed by atoms with Gasteiger partial charge in [-0.25, -0.2) is 4.39 Å². The number of halogens is 1. The Bertz CT molecular complexity index is 232. The summed E-state index contributed by atoms with van der Waals surface area (Å²) in [4.78, 5) is 0. The Balaban J connectivity index is 4.59. The van der Waals surface area contributed by atoms with Crippen molar-refractivity contribution >= 4 is 17.6 Å². The third-order valence-electron chi connectivity index (χ3n) is 1.85. The van der Waals surface area contributed by atoms with Gasteiger partial charge in [-0.3, -0.25) is 0 Å². The first kappa shape index (κ1) is 15.8. The molecule has 0 radical (unpaired) electrons. The summed E-state index contributed by atoms with van der Waals surface area (Å²) in [5, 5.41) is 0. The van der Waals surface area contributed by atoms with Crippen molar-refractivity contribution < 1.29 is 12.9 Å². The predicted molar refractivity (Wildman–Crippen MR) is 72.0 cm³/mol. The van der Waals surface area contributed by atoms with Crippen molar-refractivity contribution in [2.24, 2.45) is 0 Å². The summed E-state index contributed by atoms with van der Waals surface area (Å²) in [5.41, 5.74) is 0. The lowest BCUT2D eigenvalue weighted by Gasteiger charge is -2.34. The fourth-order valence-corrected chi connectivity index (χ4v) is 7.41. The van der Waals surface area contributed by atoms with E-state index in [9.17, 15) is 4.39 Å². The van der Waals surface area contributed by atoms with Crippen molar-refractivity contribution in [3.63, 3.8) is 0 Å². The molecule has 0 amide bonds. The Morgan fingerprint density at radius 2 is 1.69 bits per heavy atom. The highest BCUT2D eigenvalue weighted by Gasteiger charge is 2.38. The minimum absolute atomic E-state index is 0.165. The monoisotopic (exact) mass is 262 g/mol. The van der Waals surface area contributed by atoms with Gasteiger partial charge < -0.3 is 8.54 Å². The summed E-state index contributed by atoms with van der Waals surface area (Å²) in [5.74, 6) is -1.71. The highest BCUT2D eigenvalue weighted by atomic mass is 28.4. The molecule has 0 spiro atoms. The predicted octanol–water partition coefficient (Wildman–Crippen LogP) is 3.52. The first-order valence-corrected chi connectivity index (χ1v) is 11.1.